The third kappa shape index (κ3) is 4.74. The minimum Gasteiger partial charge on any atom is -0.444 e. The van der Waals surface area contributed by atoms with E-state index < -0.39 is 5.60 Å². The van der Waals surface area contributed by atoms with Crippen molar-refractivity contribution in [2.75, 3.05) is 31.1 Å². The molecule has 0 aliphatic carbocycles. The Bertz CT molecular complexity index is 659. The predicted octanol–water partition coefficient (Wildman–Crippen LogP) is 4.96. The van der Waals surface area contributed by atoms with Crippen LogP contribution >= 0.6 is 34.2 Å². The van der Waals surface area contributed by atoms with Crippen LogP contribution in [-0.4, -0.2) is 47.8 Å². The largest absolute Gasteiger partial charge is 0.444 e. The molecule has 1 aromatic rings. The number of anilines is 1. The maximum Gasteiger partial charge on any atom is 0.410 e. The number of likely N-dealkylation sites (tertiary alicyclic amines) is 1. The zero-order valence-electron chi connectivity index (χ0n) is 15.7. The first-order valence-electron chi connectivity index (χ1n) is 9.21. The van der Waals surface area contributed by atoms with Crippen molar-refractivity contribution in [3.63, 3.8) is 0 Å². The van der Waals surface area contributed by atoms with E-state index in [0.29, 0.717) is 10.4 Å². The van der Waals surface area contributed by atoms with Gasteiger partial charge in [0.1, 0.15) is 11.4 Å². The van der Waals surface area contributed by atoms with Crippen LogP contribution in [0.15, 0.2) is 12.3 Å². The molecule has 2 saturated heterocycles. The molecule has 1 spiro atoms. The molecule has 5 nitrogen and oxygen atoms in total. The number of amides is 1. The van der Waals surface area contributed by atoms with Crippen molar-refractivity contribution in [1.82, 2.24) is 9.88 Å². The molecule has 0 radical (unpaired) electrons. The number of rotatable bonds is 1. The van der Waals surface area contributed by atoms with E-state index in [-0.39, 0.29) is 6.09 Å². The molecule has 0 N–H and O–H groups in total. The lowest BCUT2D eigenvalue weighted by atomic mass is 9.71. The van der Waals surface area contributed by atoms with Gasteiger partial charge in [0.25, 0.3) is 0 Å². The Hall–Kier alpha value is -0.760. The second-order valence-electron chi connectivity index (χ2n) is 8.41. The van der Waals surface area contributed by atoms with Crippen molar-refractivity contribution in [3.8, 4) is 0 Å². The zero-order chi connectivity index (χ0) is 18.9. The van der Waals surface area contributed by atoms with Gasteiger partial charge in [-0.25, -0.2) is 9.78 Å². The SMILES string of the molecule is CC(C)(C)OC(=O)N1CCC2(CC1)CCN(c1cc(I)c(Cl)cn1)CC2. The first-order chi connectivity index (χ1) is 12.2. The number of ether oxygens (including phenoxy) is 1. The summed E-state index contributed by atoms with van der Waals surface area (Å²) < 4.78 is 6.55. The van der Waals surface area contributed by atoms with Crippen LogP contribution in [0, 0.1) is 8.99 Å². The van der Waals surface area contributed by atoms with Gasteiger partial charge in [-0.15, -0.1) is 0 Å². The Morgan fingerprint density at radius 1 is 1.19 bits per heavy atom. The molecule has 1 amide bonds. The maximum atomic E-state index is 12.3. The summed E-state index contributed by atoms with van der Waals surface area (Å²) in [4.78, 5) is 21.0. The molecule has 0 saturated carbocycles. The molecular formula is C19H27ClIN3O2. The van der Waals surface area contributed by atoms with Gasteiger partial charge in [-0.1, -0.05) is 11.6 Å². The van der Waals surface area contributed by atoms with E-state index in [1.807, 2.05) is 25.7 Å². The van der Waals surface area contributed by atoms with Crippen LogP contribution in [0.25, 0.3) is 0 Å². The van der Waals surface area contributed by atoms with Gasteiger partial charge in [0.05, 0.1) is 5.02 Å². The Balaban J connectivity index is 1.53. The van der Waals surface area contributed by atoms with E-state index in [1.165, 1.54) is 0 Å². The van der Waals surface area contributed by atoms with Crippen molar-refractivity contribution in [1.29, 1.82) is 0 Å². The molecule has 0 atom stereocenters. The maximum absolute atomic E-state index is 12.3. The summed E-state index contributed by atoms with van der Waals surface area (Å²) in [6.07, 6.45) is 5.98. The molecule has 0 bridgehead atoms. The number of piperidine rings is 2. The number of hydrogen-bond donors (Lipinski definition) is 0. The van der Waals surface area contributed by atoms with Gasteiger partial charge in [0, 0.05) is 35.9 Å². The van der Waals surface area contributed by atoms with E-state index in [1.54, 1.807) is 6.20 Å². The second-order valence-corrected chi connectivity index (χ2v) is 9.98. The Kier molecular flexibility index (Phi) is 5.92. The zero-order valence-corrected chi connectivity index (χ0v) is 18.6. The minimum absolute atomic E-state index is 0.176. The van der Waals surface area contributed by atoms with E-state index in [9.17, 15) is 4.79 Å². The van der Waals surface area contributed by atoms with E-state index in [4.69, 9.17) is 16.3 Å². The third-order valence-electron chi connectivity index (χ3n) is 5.42. The fourth-order valence-electron chi connectivity index (χ4n) is 3.78. The van der Waals surface area contributed by atoms with Gasteiger partial charge in [-0.05, 0) is 80.5 Å². The number of pyridine rings is 1. The molecule has 7 heteroatoms. The lowest BCUT2D eigenvalue weighted by Gasteiger charge is -2.47. The van der Waals surface area contributed by atoms with E-state index in [0.717, 1.165) is 61.3 Å². The van der Waals surface area contributed by atoms with Crippen LogP contribution in [-0.2, 0) is 4.74 Å². The molecular weight excluding hydrogens is 465 g/mol. The molecule has 26 heavy (non-hydrogen) atoms. The summed E-state index contributed by atoms with van der Waals surface area (Å²) in [6, 6.07) is 2.06. The monoisotopic (exact) mass is 491 g/mol. The van der Waals surface area contributed by atoms with Crippen molar-refractivity contribution in [3.05, 3.63) is 20.9 Å². The normalized spacial score (nSPS) is 20.3. The highest BCUT2D eigenvalue weighted by atomic mass is 127. The van der Waals surface area contributed by atoms with E-state index >= 15 is 0 Å². The quantitative estimate of drug-likeness (QED) is 0.521. The van der Waals surface area contributed by atoms with Crippen LogP contribution in [0.5, 0.6) is 0 Å². The van der Waals surface area contributed by atoms with Gasteiger partial charge < -0.3 is 14.5 Å². The highest BCUT2D eigenvalue weighted by molar-refractivity contribution is 14.1. The van der Waals surface area contributed by atoms with Crippen molar-refractivity contribution in [2.45, 2.75) is 52.1 Å². The van der Waals surface area contributed by atoms with Crippen LogP contribution in [0.2, 0.25) is 5.02 Å². The van der Waals surface area contributed by atoms with Gasteiger partial charge in [-0.3, -0.25) is 0 Å². The molecule has 2 fully saturated rings. The highest BCUT2D eigenvalue weighted by Crippen LogP contribution is 2.42. The van der Waals surface area contributed by atoms with Gasteiger partial charge in [0.15, 0.2) is 0 Å². The minimum atomic E-state index is -0.430. The number of nitrogens with zero attached hydrogens (tertiary/aromatic N) is 3. The lowest BCUT2D eigenvalue weighted by Crippen LogP contribution is -2.49. The van der Waals surface area contributed by atoms with Crippen LogP contribution in [0.1, 0.15) is 46.5 Å². The number of aromatic nitrogens is 1. The fraction of sp³-hybridized carbons (Fsp3) is 0.684. The average Bonchev–Trinajstić information content (AvgIpc) is 2.57. The van der Waals surface area contributed by atoms with E-state index in [2.05, 4.69) is 38.5 Å². The summed E-state index contributed by atoms with van der Waals surface area (Å²) in [5.74, 6) is 1.01. The number of carbonyl (C=O) groups is 1. The second kappa shape index (κ2) is 7.70. The van der Waals surface area contributed by atoms with Crippen molar-refractivity contribution in [2.24, 2.45) is 5.41 Å². The summed E-state index contributed by atoms with van der Waals surface area (Å²) in [6.45, 7) is 9.36. The summed E-state index contributed by atoms with van der Waals surface area (Å²) in [5.41, 5.74) is -0.0742. The topological polar surface area (TPSA) is 45.7 Å². The Morgan fingerprint density at radius 3 is 2.31 bits per heavy atom. The highest BCUT2D eigenvalue weighted by Gasteiger charge is 2.39. The van der Waals surface area contributed by atoms with Crippen LogP contribution in [0.4, 0.5) is 10.6 Å². The molecule has 144 valence electrons. The molecule has 2 aliphatic heterocycles. The first kappa shape index (κ1) is 20.0. The first-order valence-corrected chi connectivity index (χ1v) is 10.7. The van der Waals surface area contributed by atoms with Crippen molar-refractivity contribution < 1.29 is 9.53 Å². The smallest absolute Gasteiger partial charge is 0.410 e. The molecule has 2 aliphatic rings. The van der Waals surface area contributed by atoms with Gasteiger partial charge in [0.2, 0.25) is 0 Å². The standard InChI is InChI=1S/C19H27ClIN3O2/c1-18(2,3)26-17(25)24-10-6-19(7-11-24)4-8-23(9-5-19)16-12-15(21)14(20)13-22-16/h12-13H,4-11H2,1-3H3. The molecule has 3 heterocycles. The lowest BCUT2D eigenvalue weighted by molar-refractivity contribution is 0.00664. The predicted molar refractivity (Wildman–Crippen MR) is 113 cm³/mol. The summed E-state index contributed by atoms with van der Waals surface area (Å²) in [5, 5.41) is 0.706. The molecule has 0 aromatic carbocycles. The third-order valence-corrected chi connectivity index (χ3v) is 6.93. The van der Waals surface area contributed by atoms with Gasteiger partial charge >= 0.3 is 6.09 Å². The van der Waals surface area contributed by atoms with Crippen LogP contribution in [0.3, 0.4) is 0 Å². The summed E-state index contributed by atoms with van der Waals surface area (Å²) in [7, 11) is 0. The Morgan fingerprint density at radius 2 is 1.77 bits per heavy atom. The number of halogens is 2. The number of hydrogen-bond acceptors (Lipinski definition) is 4. The average molecular weight is 492 g/mol. The molecule has 0 unspecified atom stereocenters. The fourth-order valence-corrected chi connectivity index (χ4v) is 4.30. The Labute approximate surface area is 174 Å². The van der Waals surface area contributed by atoms with Crippen molar-refractivity contribution >= 4 is 46.1 Å². The summed E-state index contributed by atoms with van der Waals surface area (Å²) >= 11 is 8.34. The van der Waals surface area contributed by atoms with Gasteiger partial charge in [-0.2, -0.15) is 0 Å². The molecule has 1 aromatic heterocycles. The molecule has 3 rings (SSSR count). The van der Waals surface area contributed by atoms with Crippen LogP contribution < -0.4 is 4.90 Å². The number of carbonyl (C=O) groups excluding carboxylic acids is 1.